The molecule has 5 heteroatoms. The zero-order valence-corrected chi connectivity index (χ0v) is 26.0. The van der Waals surface area contributed by atoms with E-state index in [4.69, 9.17) is 14.6 Å². The summed E-state index contributed by atoms with van der Waals surface area (Å²) in [6.07, 6.45) is 15.8. The van der Waals surface area contributed by atoms with Crippen LogP contribution in [-0.4, -0.2) is 43.7 Å². The summed E-state index contributed by atoms with van der Waals surface area (Å²) in [6.45, 7) is 16.4. The molecule has 0 aromatic heterocycles. The lowest BCUT2D eigenvalue weighted by Crippen LogP contribution is -2.51. The molecular formula is C34H59NO4. The van der Waals surface area contributed by atoms with Gasteiger partial charge in [0.15, 0.2) is 0 Å². The van der Waals surface area contributed by atoms with Crippen molar-refractivity contribution in [2.45, 2.75) is 118 Å². The molecule has 4 aliphatic rings. The van der Waals surface area contributed by atoms with Gasteiger partial charge in [-0.05, 0) is 104 Å². The first kappa shape index (κ1) is 30.9. The van der Waals surface area contributed by atoms with E-state index in [-0.39, 0.29) is 24.7 Å². The zero-order chi connectivity index (χ0) is 28.2. The highest BCUT2D eigenvalue weighted by Gasteiger charge is 2.59. The Morgan fingerprint density at radius 2 is 1.87 bits per heavy atom. The number of fused-ring (bicyclic) bond motifs is 5. The van der Waals surface area contributed by atoms with Gasteiger partial charge in [-0.3, -0.25) is 0 Å². The molecule has 9 atom stereocenters. The van der Waals surface area contributed by atoms with Gasteiger partial charge < -0.3 is 19.9 Å². The lowest BCUT2D eigenvalue weighted by molar-refractivity contribution is -0.0618. The molecule has 3 fully saturated rings. The number of nitrogens with one attached hydrogen (secondary N) is 1. The topological polar surface area (TPSA) is 67.8 Å². The van der Waals surface area contributed by atoms with Crippen LogP contribution in [0.4, 0.5) is 4.79 Å². The second-order valence-corrected chi connectivity index (χ2v) is 14.5. The SMILES string of the molecule is CC[C@H](CC[C@@H](C)[C@H]1CC[C@H]2[C@@H]3CC=C4C[C@@H](OC(=O)OCCNCCO)CC[C@]4(C)[C@H]3CC[C@]12C)C(C)C. The maximum Gasteiger partial charge on any atom is 0.508 e. The fourth-order valence-corrected chi connectivity index (χ4v) is 9.97. The molecule has 4 aliphatic carbocycles. The Kier molecular flexibility index (Phi) is 10.5. The van der Waals surface area contributed by atoms with E-state index in [2.05, 4.69) is 52.9 Å². The number of carbonyl (C=O) groups is 1. The average molecular weight is 546 g/mol. The third-order valence-electron chi connectivity index (χ3n) is 12.3. The van der Waals surface area contributed by atoms with Gasteiger partial charge in [-0.25, -0.2) is 4.79 Å². The molecule has 2 N–H and O–H groups in total. The zero-order valence-electron chi connectivity index (χ0n) is 26.0. The van der Waals surface area contributed by atoms with Crippen molar-refractivity contribution >= 4 is 6.16 Å². The Morgan fingerprint density at radius 1 is 1.08 bits per heavy atom. The van der Waals surface area contributed by atoms with Gasteiger partial charge in [0.05, 0.1) is 6.61 Å². The number of hydrogen-bond donors (Lipinski definition) is 2. The molecule has 0 aromatic carbocycles. The van der Waals surface area contributed by atoms with E-state index < -0.39 is 6.16 Å². The molecule has 0 aliphatic heterocycles. The second kappa shape index (κ2) is 13.3. The maximum absolute atomic E-state index is 12.3. The molecule has 0 bridgehead atoms. The van der Waals surface area contributed by atoms with E-state index in [1.807, 2.05) is 0 Å². The van der Waals surface area contributed by atoms with Crippen molar-refractivity contribution in [3.05, 3.63) is 11.6 Å². The van der Waals surface area contributed by atoms with Gasteiger partial charge in [-0.2, -0.15) is 0 Å². The fourth-order valence-electron chi connectivity index (χ4n) is 9.97. The Morgan fingerprint density at radius 3 is 2.59 bits per heavy atom. The Hall–Kier alpha value is -1.07. The van der Waals surface area contributed by atoms with Crippen LogP contribution in [0.2, 0.25) is 0 Å². The first-order chi connectivity index (χ1) is 18.6. The lowest BCUT2D eigenvalue weighted by Gasteiger charge is -2.58. The summed E-state index contributed by atoms with van der Waals surface area (Å²) >= 11 is 0. The summed E-state index contributed by atoms with van der Waals surface area (Å²) in [6, 6.07) is 0. The molecule has 0 radical (unpaired) electrons. The molecule has 0 spiro atoms. The molecule has 4 rings (SSSR count). The maximum atomic E-state index is 12.3. The average Bonchev–Trinajstić information content (AvgIpc) is 3.26. The van der Waals surface area contributed by atoms with E-state index >= 15 is 0 Å². The number of ether oxygens (including phenoxy) is 2. The van der Waals surface area contributed by atoms with Crippen LogP contribution in [0.1, 0.15) is 112 Å². The van der Waals surface area contributed by atoms with Crippen LogP contribution in [0.3, 0.4) is 0 Å². The number of carbonyl (C=O) groups excluding carboxylic acids is 1. The Balaban J connectivity index is 1.34. The van der Waals surface area contributed by atoms with Crippen molar-refractivity contribution in [3.63, 3.8) is 0 Å². The number of aliphatic hydroxyl groups is 1. The predicted molar refractivity (Wildman–Crippen MR) is 158 cm³/mol. The quantitative estimate of drug-likeness (QED) is 0.149. The van der Waals surface area contributed by atoms with Crippen LogP contribution in [-0.2, 0) is 9.47 Å². The Bertz CT molecular complexity index is 841. The second-order valence-electron chi connectivity index (χ2n) is 14.5. The van der Waals surface area contributed by atoms with E-state index in [9.17, 15) is 4.79 Å². The minimum Gasteiger partial charge on any atom is -0.433 e. The molecule has 0 saturated heterocycles. The third kappa shape index (κ3) is 6.55. The summed E-state index contributed by atoms with van der Waals surface area (Å²) in [4.78, 5) is 12.3. The van der Waals surface area contributed by atoms with Crippen molar-refractivity contribution in [2.75, 3.05) is 26.3 Å². The highest BCUT2D eigenvalue weighted by atomic mass is 16.7. The minimum atomic E-state index is -0.554. The van der Waals surface area contributed by atoms with E-state index in [0.717, 1.165) is 60.7 Å². The van der Waals surface area contributed by atoms with Crippen LogP contribution < -0.4 is 5.32 Å². The van der Waals surface area contributed by atoms with Crippen molar-refractivity contribution in [1.29, 1.82) is 0 Å². The molecule has 0 heterocycles. The summed E-state index contributed by atoms with van der Waals surface area (Å²) in [5, 5.41) is 11.8. The van der Waals surface area contributed by atoms with E-state index in [0.29, 0.717) is 18.5 Å². The molecule has 0 amide bonds. The van der Waals surface area contributed by atoms with Crippen LogP contribution >= 0.6 is 0 Å². The first-order valence-corrected chi connectivity index (χ1v) is 16.5. The van der Waals surface area contributed by atoms with Gasteiger partial charge in [0, 0.05) is 19.5 Å². The highest BCUT2D eigenvalue weighted by molar-refractivity contribution is 5.60. The molecule has 224 valence electrons. The van der Waals surface area contributed by atoms with Crippen LogP contribution in [0, 0.1) is 52.3 Å². The van der Waals surface area contributed by atoms with Crippen LogP contribution in [0.15, 0.2) is 11.6 Å². The normalized spacial score (nSPS) is 37.3. The minimum absolute atomic E-state index is 0.0675. The van der Waals surface area contributed by atoms with Gasteiger partial charge in [-0.15, -0.1) is 0 Å². The molecule has 39 heavy (non-hydrogen) atoms. The monoisotopic (exact) mass is 545 g/mol. The number of allylic oxidation sites excluding steroid dienone is 1. The van der Waals surface area contributed by atoms with Crippen LogP contribution in [0.5, 0.6) is 0 Å². The van der Waals surface area contributed by atoms with E-state index in [1.165, 1.54) is 51.4 Å². The van der Waals surface area contributed by atoms with Crippen molar-refractivity contribution in [2.24, 2.45) is 52.3 Å². The fraction of sp³-hybridized carbons (Fsp3) is 0.912. The molecule has 3 saturated carbocycles. The number of rotatable bonds is 12. The van der Waals surface area contributed by atoms with Crippen molar-refractivity contribution in [1.82, 2.24) is 5.32 Å². The van der Waals surface area contributed by atoms with E-state index in [1.54, 1.807) is 5.57 Å². The summed E-state index contributed by atoms with van der Waals surface area (Å²) < 4.78 is 11.0. The summed E-state index contributed by atoms with van der Waals surface area (Å²) in [5.74, 6) is 5.88. The summed E-state index contributed by atoms with van der Waals surface area (Å²) in [7, 11) is 0. The molecule has 0 unspecified atom stereocenters. The summed E-state index contributed by atoms with van der Waals surface area (Å²) in [5.41, 5.74) is 2.32. The molecule has 0 aromatic rings. The highest BCUT2D eigenvalue weighted by Crippen LogP contribution is 2.67. The molecule has 5 nitrogen and oxygen atoms in total. The number of hydrogen-bond acceptors (Lipinski definition) is 5. The first-order valence-electron chi connectivity index (χ1n) is 16.5. The smallest absolute Gasteiger partial charge is 0.433 e. The predicted octanol–water partition coefficient (Wildman–Crippen LogP) is 7.77. The molecular weight excluding hydrogens is 486 g/mol. The van der Waals surface area contributed by atoms with Crippen molar-refractivity contribution < 1.29 is 19.4 Å². The van der Waals surface area contributed by atoms with Crippen LogP contribution in [0.25, 0.3) is 0 Å². The van der Waals surface area contributed by atoms with Gasteiger partial charge in [0.2, 0.25) is 0 Å². The third-order valence-corrected chi connectivity index (χ3v) is 12.3. The van der Waals surface area contributed by atoms with Gasteiger partial charge in [0.1, 0.15) is 12.7 Å². The Labute approximate surface area is 239 Å². The standard InChI is InChI=1S/C34H59NO4/c1-7-25(23(2)3)9-8-24(4)29-12-13-30-28-11-10-26-22-27(39-32(37)38-21-19-35-18-20-36)14-16-33(26,5)31(28)15-17-34(29,30)6/h10,23-25,27-31,35-36H,7-9,11-22H2,1-6H3/t24-,25-,27+,28+,29-,30+,31+,33+,34-/m1/s1. The lowest BCUT2D eigenvalue weighted by atomic mass is 9.47. The van der Waals surface area contributed by atoms with Gasteiger partial charge >= 0.3 is 6.16 Å². The van der Waals surface area contributed by atoms with Gasteiger partial charge in [-0.1, -0.05) is 66.0 Å². The largest absolute Gasteiger partial charge is 0.508 e. The van der Waals surface area contributed by atoms with Crippen molar-refractivity contribution in [3.8, 4) is 0 Å². The van der Waals surface area contributed by atoms with Gasteiger partial charge in [0.25, 0.3) is 0 Å². The number of aliphatic hydroxyl groups excluding tert-OH is 1.